The molecule has 2 aliphatic rings. The van der Waals surface area contributed by atoms with Crippen LogP contribution in [0.2, 0.25) is 0 Å². The quantitative estimate of drug-likeness (QED) is 0.396. The second-order valence-corrected chi connectivity index (χ2v) is 7.33. The fourth-order valence-electron chi connectivity index (χ4n) is 4.41. The predicted molar refractivity (Wildman–Crippen MR) is 118 cm³/mol. The Morgan fingerprint density at radius 3 is 2.00 bits per heavy atom. The Morgan fingerprint density at radius 1 is 0.875 bits per heavy atom. The second-order valence-electron chi connectivity index (χ2n) is 7.33. The molecule has 5 rings (SSSR count). The van der Waals surface area contributed by atoms with Gasteiger partial charge < -0.3 is 14.2 Å². The number of fused-ring (bicyclic) bond motifs is 6. The van der Waals surface area contributed by atoms with Crippen molar-refractivity contribution in [2.75, 3.05) is 13.2 Å². The molecule has 0 unspecified atom stereocenters. The van der Waals surface area contributed by atoms with E-state index in [1.807, 2.05) is 30.3 Å². The van der Waals surface area contributed by atoms with Gasteiger partial charge in [0.25, 0.3) is 5.91 Å². The summed E-state index contributed by atoms with van der Waals surface area (Å²) in [6.07, 6.45) is 10.6. The molecule has 2 heterocycles. The van der Waals surface area contributed by atoms with Crippen molar-refractivity contribution in [3.8, 4) is 47.7 Å². The van der Waals surface area contributed by atoms with E-state index >= 15 is 0 Å². The van der Waals surface area contributed by atoms with E-state index in [1.165, 1.54) is 5.01 Å². The van der Waals surface area contributed by atoms with Crippen LogP contribution in [0.25, 0.3) is 0 Å². The van der Waals surface area contributed by atoms with Gasteiger partial charge in [0.15, 0.2) is 0 Å². The number of amides is 1. The maximum Gasteiger partial charge on any atom is 0.269 e. The Kier molecular flexibility index (Phi) is 4.52. The summed E-state index contributed by atoms with van der Waals surface area (Å²) in [5.41, 5.74) is 1.67. The van der Waals surface area contributed by atoms with E-state index in [4.69, 9.17) is 32.9 Å². The highest BCUT2D eigenvalue weighted by atomic mass is 16.5. The Hall–Kier alpha value is -4.39. The smallest absolute Gasteiger partial charge is 0.269 e. The standard InChI is InChI=1S/C26H18N2O4/c1-3-13-30-17-9-11-21-23(15-17)32-24-16-18(31-14-4-2)10-12-22(24)26(21)20-8-6-5-7-19(20)25(29)28(26)27/h1-2,5-12,15-16H,13-14,27H2. The number of hydrogen-bond acceptors (Lipinski definition) is 5. The van der Waals surface area contributed by atoms with E-state index < -0.39 is 5.54 Å². The minimum absolute atomic E-state index is 0.120. The molecular formula is C26H18N2O4. The van der Waals surface area contributed by atoms with Crippen LogP contribution in [0.5, 0.6) is 23.0 Å². The molecule has 1 amide bonds. The van der Waals surface area contributed by atoms with Gasteiger partial charge in [0.2, 0.25) is 0 Å². The molecule has 3 aromatic carbocycles. The highest BCUT2D eigenvalue weighted by Crippen LogP contribution is 2.57. The van der Waals surface area contributed by atoms with Gasteiger partial charge in [-0.3, -0.25) is 9.80 Å². The molecule has 0 saturated heterocycles. The van der Waals surface area contributed by atoms with Crippen molar-refractivity contribution in [1.29, 1.82) is 0 Å². The average Bonchev–Trinajstić information content (AvgIpc) is 3.04. The van der Waals surface area contributed by atoms with Crippen molar-refractivity contribution >= 4 is 5.91 Å². The highest BCUT2D eigenvalue weighted by molar-refractivity contribution is 6.02. The minimum atomic E-state index is -1.08. The van der Waals surface area contributed by atoms with Crippen LogP contribution in [0, 0.1) is 24.7 Å². The van der Waals surface area contributed by atoms with Crippen LogP contribution in [0.4, 0.5) is 0 Å². The molecule has 6 nitrogen and oxygen atoms in total. The molecule has 6 heteroatoms. The number of hydrogen-bond donors (Lipinski definition) is 1. The lowest BCUT2D eigenvalue weighted by Crippen LogP contribution is -2.51. The number of rotatable bonds is 4. The summed E-state index contributed by atoms with van der Waals surface area (Å²) in [6, 6.07) is 18.1. The number of terminal acetylenes is 2. The molecular weight excluding hydrogens is 404 g/mol. The third-order valence-corrected chi connectivity index (χ3v) is 5.68. The van der Waals surface area contributed by atoms with E-state index in [-0.39, 0.29) is 19.1 Å². The Balaban J connectivity index is 1.77. The van der Waals surface area contributed by atoms with Crippen LogP contribution in [0.15, 0.2) is 60.7 Å². The third-order valence-electron chi connectivity index (χ3n) is 5.68. The molecule has 0 aromatic heterocycles. The summed E-state index contributed by atoms with van der Waals surface area (Å²) in [7, 11) is 0. The molecule has 2 aliphatic heterocycles. The van der Waals surface area contributed by atoms with Crippen molar-refractivity contribution in [3.63, 3.8) is 0 Å². The summed E-state index contributed by atoms with van der Waals surface area (Å²) in [6.45, 7) is 0.240. The zero-order valence-electron chi connectivity index (χ0n) is 17.0. The van der Waals surface area contributed by atoms with Crippen molar-refractivity contribution < 1.29 is 19.0 Å². The van der Waals surface area contributed by atoms with Gasteiger partial charge in [-0.15, -0.1) is 12.8 Å². The van der Waals surface area contributed by atoms with Gasteiger partial charge in [-0.2, -0.15) is 0 Å². The molecule has 2 N–H and O–H groups in total. The first kappa shape index (κ1) is 19.6. The van der Waals surface area contributed by atoms with E-state index in [1.54, 1.807) is 30.3 Å². The van der Waals surface area contributed by atoms with Crippen LogP contribution >= 0.6 is 0 Å². The largest absolute Gasteiger partial charge is 0.481 e. The third kappa shape index (κ3) is 2.64. The lowest BCUT2D eigenvalue weighted by atomic mass is 9.75. The number of carbonyl (C=O) groups excluding carboxylic acids is 1. The molecule has 0 radical (unpaired) electrons. The molecule has 0 aliphatic carbocycles. The van der Waals surface area contributed by atoms with Gasteiger partial charge in [0.05, 0.1) is 0 Å². The van der Waals surface area contributed by atoms with Gasteiger partial charge in [-0.1, -0.05) is 30.0 Å². The number of nitrogens with two attached hydrogens (primary N) is 1. The Labute approximate surface area is 185 Å². The maximum atomic E-state index is 13.2. The summed E-state index contributed by atoms with van der Waals surface area (Å²) in [5, 5.41) is 1.27. The predicted octanol–water partition coefficient (Wildman–Crippen LogP) is 3.44. The fraction of sp³-hybridized carbons (Fsp3) is 0.115. The Bertz CT molecular complexity index is 1260. The van der Waals surface area contributed by atoms with Gasteiger partial charge in [-0.25, -0.2) is 5.84 Å². The van der Waals surface area contributed by atoms with Gasteiger partial charge >= 0.3 is 0 Å². The molecule has 32 heavy (non-hydrogen) atoms. The van der Waals surface area contributed by atoms with E-state index in [2.05, 4.69) is 11.8 Å². The monoisotopic (exact) mass is 422 g/mol. The van der Waals surface area contributed by atoms with E-state index in [0.717, 1.165) is 16.7 Å². The van der Waals surface area contributed by atoms with Crippen LogP contribution < -0.4 is 20.1 Å². The van der Waals surface area contributed by atoms with Crippen LogP contribution in [-0.2, 0) is 5.54 Å². The van der Waals surface area contributed by atoms with E-state index in [9.17, 15) is 4.79 Å². The number of hydrazine groups is 1. The molecule has 0 fully saturated rings. The number of carbonyl (C=O) groups is 1. The van der Waals surface area contributed by atoms with Crippen molar-refractivity contribution in [2.45, 2.75) is 5.54 Å². The number of benzene rings is 3. The minimum Gasteiger partial charge on any atom is -0.481 e. The lowest BCUT2D eigenvalue weighted by Gasteiger charge is -2.42. The van der Waals surface area contributed by atoms with Crippen LogP contribution in [0.3, 0.4) is 0 Å². The zero-order valence-corrected chi connectivity index (χ0v) is 17.0. The second kappa shape index (κ2) is 7.39. The Morgan fingerprint density at radius 2 is 1.44 bits per heavy atom. The first-order valence-electron chi connectivity index (χ1n) is 9.89. The van der Waals surface area contributed by atoms with Gasteiger partial charge in [-0.05, 0) is 30.3 Å². The molecule has 1 spiro atoms. The summed E-state index contributed by atoms with van der Waals surface area (Å²) in [5.74, 6) is 13.2. The SMILES string of the molecule is C#CCOc1ccc2c(c1)Oc1cc(OCC#C)ccc1C21c2ccccc2C(=O)N1N. The van der Waals surface area contributed by atoms with Crippen molar-refractivity contribution in [2.24, 2.45) is 5.84 Å². The molecule has 156 valence electrons. The molecule has 0 atom stereocenters. The van der Waals surface area contributed by atoms with Gasteiger partial charge in [0, 0.05) is 34.4 Å². The first-order chi connectivity index (χ1) is 15.6. The fourth-order valence-corrected chi connectivity index (χ4v) is 4.41. The van der Waals surface area contributed by atoms with Crippen LogP contribution in [0.1, 0.15) is 27.0 Å². The van der Waals surface area contributed by atoms with Crippen molar-refractivity contribution in [3.05, 3.63) is 82.9 Å². The summed E-state index contributed by atoms with van der Waals surface area (Å²) < 4.78 is 17.4. The number of ether oxygens (including phenoxy) is 3. The number of nitrogens with zero attached hydrogens (tertiary/aromatic N) is 1. The van der Waals surface area contributed by atoms with Crippen LogP contribution in [-0.4, -0.2) is 24.1 Å². The van der Waals surface area contributed by atoms with Crippen molar-refractivity contribution in [1.82, 2.24) is 5.01 Å². The topological polar surface area (TPSA) is 74.0 Å². The van der Waals surface area contributed by atoms with E-state index in [0.29, 0.717) is 28.6 Å². The average molecular weight is 422 g/mol. The summed E-state index contributed by atoms with van der Waals surface area (Å²) >= 11 is 0. The molecule has 0 saturated carbocycles. The van der Waals surface area contributed by atoms with Gasteiger partial charge in [0.1, 0.15) is 41.8 Å². The lowest BCUT2D eigenvalue weighted by molar-refractivity contribution is 0.0665. The first-order valence-corrected chi connectivity index (χ1v) is 9.89. The maximum absolute atomic E-state index is 13.2. The normalized spacial score (nSPS) is 14.5. The zero-order chi connectivity index (χ0) is 22.3. The molecule has 0 bridgehead atoms. The highest BCUT2D eigenvalue weighted by Gasteiger charge is 2.55. The molecule has 3 aromatic rings. The summed E-state index contributed by atoms with van der Waals surface area (Å²) in [4.78, 5) is 13.2.